The lowest BCUT2D eigenvalue weighted by Crippen LogP contribution is -2.33. The first-order valence-corrected chi connectivity index (χ1v) is 6.10. The van der Waals surface area contributed by atoms with Crippen LogP contribution in [0.4, 0.5) is 4.79 Å². The molecular formula is C9H15N3O2S2. The van der Waals surface area contributed by atoms with E-state index in [1.165, 1.54) is 11.5 Å². The molecule has 0 aliphatic carbocycles. The molecule has 0 bridgehead atoms. The van der Waals surface area contributed by atoms with Gasteiger partial charge < -0.3 is 10.1 Å². The van der Waals surface area contributed by atoms with Gasteiger partial charge in [-0.05, 0) is 44.5 Å². The Morgan fingerprint density at radius 1 is 1.62 bits per heavy atom. The number of carbonyl (C=O) groups is 1. The quantitative estimate of drug-likeness (QED) is 0.819. The number of aromatic amines is 1. The minimum atomic E-state index is -0.468. The molecule has 0 fully saturated rings. The first kappa shape index (κ1) is 13.1. The number of ether oxygens (including phenoxy) is 1. The highest BCUT2D eigenvalue weighted by molar-refractivity contribution is 7.73. The minimum absolute atomic E-state index is 0.415. The number of aromatic nitrogens is 2. The standard InChI is InChI=1S/C9H15N3O2S2/c1-9(2,3)14-7(13)10-5-4-6-11-8(15)16-12-6/h4-5H2,1-3H3,(H,10,13)(H,11,12,15). The summed E-state index contributed by atoms with van der Waals surface area (Å²) in [6.45, 7) is 5.95. The van der Waals surface area contributed by atoms with E-state index in [1.54, 1.807) is 0 Å². The van der Waals surface area contributed by atoms with Crippen LogP contribution in [0.3, 0.4) is 0 Å². The Morgan fingerprint density at radius 3 is 2.81 bits per heavy atom. The van der Waals surface area contributed by atoms with Gasteiger partial charge in [-0.3, -0.25) is 4.37 Å². The van der Waals surface area contributed by atoms with Crippen molar-refractivity contribution in [3.63, 3.8) is 0 Å². The fourth-order valence-electron chi connectivity index (χ4n) is 0.962. The van der Waals surface area contributed by atoms with Crippen LogP contribution < -0.4 is 5.32 Å². The smallest absolute Gasteiger partial charge is 0.407 e. The van der Waals surface area contributed by atoms with Crippen LogP contribution in [0.15, 0.2) is 0 Å². The summed E-state index contributed by atoms with van der Waals surface area (Å²) in [5.74, 6) is 0.783. The maximum atomic E-state index is 11.3. The molecule has 0 aliphatic rings. The van der Waals surface area contributed by atoms with E-state index in [9.17, 15) is 4.79 Å². The Morgan fingerprint density at radius 2 is 2.31 bits per heavy atom. The summed E-state index contributed by atoms with van der Waals surface area (Å²) < 4.78 is 8.62. The first-order valence-electron chi connectivity index (χ1n) is 4.88. The first-order chi connectivity index (χ1) is 7.37. The van der Waals surface area contributed by atoms with E-state index in [4.69, 9.17) is 17.0 Å². The van der Waals surface area contributed by atoms with E-state index in [0.29, 0.717) is 16.9 Å². The maximum absolute atomic E-state index is 11.3. The molecule has 0 radical (unpaired) electrons. The van der Waals surface area contributed by atoms with Crippen molar-refractivity contribution >= 4 is 29.8 Å². The van der Waals surface area contributed by atoms with Gasteiger partial charge in [-0.15, -0.1) is 0 Å². The Balaban J connectivity index is 2.26. The fraction of sp³-hybridized carbons (Fsp3) is 0.667. The maximum Gasteiger partial charge on any atom is 0.407 e. The van der Waals surface area contributed by atoms with Crippen molar-refractivity contribution in [2.45, 2.75) is 32.8 Å². The van der Waals surface area contributed by atoms with Gasteiger partial charge in [-0.1, -0.05) is 0 Å². The summed E-state index contributed by atoms with van der Waals surface area (Å²) in [6.07, 6.45) is 0.202. The summed E-state index contributed by atoms with van der Waals surface area (Å²) in [5.41, 5.74) is -0.468. The average molecular weight is 261 g/mol. The number of amides is 1. The van der Waals surface area contributed by atoms with Crippen LogP contribution in [-0.4, -0.2) is 27.6 Å². The van der Waals surface area contributed by atoms with Gasteiger partial charge in [-0.2, -0.15) is 0 Å². The van der Waals surface area contributed by atoms with Crippen LogP contribution in [0.25, 0.3) is 0 Å². The van der Waals surface area contributed by atoms with Crippen LogP contribution >= 0.6 is 23.8 Å². The predicted molar refractivity (Wildman–Crippen MR) is 65.2 cm³/mol. The van der Waals surface area contributed by atoms with Crippen LogP contribution in [0.2, 0.25) is 0 Å². The third kappa shape index (κ3) is 5.22. The van der Waals surface area contributed by atoms with Crippen LogP contribution in [0.1, 0.15) is 26.6 Å². The lowest BCUT2D eigenvalue weighted by Gasteiger charge is -2.19. The molecule has 0 aromatic carbocycles. The number of rotatable bonds is 3. The molecule has 0 saturated carbocycles. The lowest BCUT2D eigenvalue weighted by atomic mass is 10.2. The summed E-state index contributed by atoms with van der Waals surface area (Å²) in [5, 5.41) is 2.65. The molecule has 16 heavy (non-hydrogen) atoms. The fourth-order valence-corrected chi connectivity index (χ4v) is 1.71. The Hall–Kier alpha value is -0.950. The van der Waals surface area contributed by atoms with Gasteiger partial charge in [0.25, 0.3) is 0 Å². The molecule has 0 unspecified atom stereocenters. The van der Waals surface area contributed by atoms with Gasteiger partial charge in [0.15, 0.2) is 3.95 Å². The van der Waals surface area contributed by atoms with E-state index in [0.717, 1.165) is 5.82 Å². The minimum Gasteiger partial charge on any atom is -0.444 e. The largest absolute Gasteiger partial charge is 0.444 e. The number of H-pyrrole nitrogens is 1. The van der Waals surface area contributed by atoms with E-state index < -0.39 is 11.7 Å². The molecule has 90 valence electrons. The van der Waals surface area contributed by atoms with Crippen molar-refractivity contribution in [3.05, 3.63) is 9.78 Å². The number of nitrogens with zero attached hydrogens (tertiary/aromatic N) is 1. The molecule has 0 aliphatic heterocycles. The molecular weight excluding hydrogens is 246 g/mol. The second-order valence-corrected chi connectivity index (χ2v) is 5.65. The van der Waals surface area contributed by atoms with Crippen molar-refractivity contribution in [2.24, 2.45) is 0 Å². The number of hydrogen-bond donors (Lipinski definition) is 2. The highest BCUT2D eigenvalue weighted by atomic mass is 32.2. The number of nitrogens with one attached hydrogen (secondary N) is 2. The van der Waals surface area contributed by atoms with Gasteiger partial charge in [0.1, 0.15) is 11.4 Å². The normalized spacial score (nSPS) is 11.2. The molecule has 1 heterocycles. The van der Waals surface area contributed by atoms with E-state index in [2.05, 4.69) is 14.7 Å². The van der Waals surface area contributed by atoms with Crippen molar-refractivity contribution in [1.82, 2.24) is 14.7 Å². The number of alkyl carbamates (subject to hydrolysis) is 1. The zero-order chi connectivity index (χ0) is 12.2. The van der Waals surface area contributed by atoms with E-state index in [1.807, 2.05) is 20.8 Å². The molecule has 0 saturated heterocycles. The van der Waals surface area contributed by atoms with Crippen LogP contribution in [-0.2, 0) is 11.2 Å². The summed E-state index contributed by atoms with van der Waals surface area (Å²) >= 11 is 6.18. The van der Waals surface area contributed by atoms with Crippen LogP contribution in [0, 0.1) is 3.95 Å². The third-order valence-corrected chi connectivity index (χ3v) is 2.46. The van der Waals surface area contributed by atoms with E-state index in [-0.39, 0.29) is 0 Å². The zero-order valence-corrected chi connectivity index (χ0v) is 11.1. The summed E-state index contributed by atoms with van der Waals surface area (Å²) in [6, 6.07) is 0. The second-order valence-electron chi connectivity index (χ2n) is 4.21. The molecule has 7 heteroatoms. The summed E-state index contributed by atoms with van der Waals surface area (Å²) in [7, 11) is 0. The number of hydrogen-bond acceptors (Lipinski definition) is 5. The van der Waals surface area contributed by atoms with Crippen molar-refractivity contribution < 1.29 is 9.53 Å². The van der Waals surface area contributed by atoms with Gasteiger partial charge in [0, 0.05) is 13.0 Å². The van der Waals surface area contributed by atoms with Gasteiger partial charge >= 0.3 is 6.09 Å². The third-order valence-electron chi connectivity index (χ3n) is 1.51. The predicted octanol–water partition coefficient (Wildman–Crippen LogP) is 2.27. The van der Waals surface area contributed by atoms with Gasteiger partial charge in [0.05, 0.1) is 0 Å². The average Bonchev–Trinajstić information content (AvgIpc) is 2.48. The molecule has 2 N–H and O–H groups in total. The van der Waals surface area contributed by atoms with Gasteiger partial charge in [-0.25, -0.2) is 9.78 Å². The molecule has 1 aromatic heterocycles. The molecule has 5 nitrogen and oxygen atoms in total. The molecule has 0 atom stereocenters. The van der Waals surface area contributed by atoms with Crippen molar-refractivity contribution in [3.8, 4) is 0 Å². The molecule has 1 amide bonds. The van der Waals surface area contributed by atoms with Crippen molar-refractivity contribution in [1.29, 1.82) is 0 Å². The van der Waals surface area contributed by atoms with Gasteiger partial charge in [0.2, 0.25) is 0 Å². The molecule has 1 rings (SSSR count). The number of carbonyl (C=O) groups excluding carboxylic acids is 1. The van der Waals surface area contributed by atoms with Crippen LogP contribution in [0.5, 0.6) is 0 Å². The molecule has 1 aromatic rings. The van der Waals surface area contributed by atoms with E-state index >= 15 is 0 Å². The summed E-state index contributed by atoms with van der Waals surface area (Å²) in [4.78, 5) is 15.3. The monoisotopic (exact) mass is 261 g/mol. The second kappa shape index (κ2) is 5.40. The highest BCUT2D eigenvalue weighted by Gasteiger charge is 2.15. The zero-order valence-electron chi connectivity index (χ0n) is 9.49. The molecule has 0 spiro atoms. The topological polar surface area (TPSA) is 67.0 Å². The Bertz CT molecular complexity index is 405. The lowest BCUT2D eigenvalue weighted by molar-refractivity contribution is 0.0528. The Labute approximate surface area is 103 Å². The SMILES string of the molecule is CC(C)(C)OC(=O)NCCc1nc(=S)s[nH]1. The van der Waals surface area contributed by atoms with Crippen molar-refractivity contribution in [2.75, 3.05) is 6.54 Å². The highest BCUT2D eigenvalue weighted by Crippen LogP contribution is 2.06. The Kier molecular flexibility index (Phi) is 4.43.